The molecule has 1 fully saturated rings. The van der Waals surface area contributed by atoms with Gasteiger partial charge in [0.1, 0.15) is 10.2 Å². The van der Waals surface area contributed by atoms with Crippen LogP contribution in [-0.4, -0.2) is 23.2 Å². The second-order valence-corrected chi connectivity index (χ2v) is 10.3. The van der Waals surface area contributed by atoms with Crippen LogP contribution in [0.5, 0.6) is 0 Å². The minimum absolute atomic E-state index is 0.0110. The SMILES string of the molecule is C=C/C(=C\C(C(=O)N(C)c1ccc(F)cc1)=C(/C)Cl)NC(=O)C1C(c2cccc(C(F)(F)F)c2)C1(Cl)Cl. The molecule has 2 aromatic carbocycles. The number of carbonyl (C=O) groups is 2. The van der Waals surface area contributed by atoms with E-state index in [0.29, 0.717) is 5.69 Å². The van der Waals surface area contributed by atoms with E-state index in [1.165, 1.54) is 67.4 Å². The number of alkyl halides is 5. The number of rotatable bonds is 7. The van der Waals surface area contributed by atoms with Crippen molar-refractivity contribution in [3.63, 3.8) is 0 Å². The summed E-state index contributed by atoms with van der Waals surface area (Å²) < 4.78 is 51.0. The van der Waals surface area contributed by atoms with Gasteiger partial charge in [0.05, 0.1) is 17.1 Å². The molecule has 4 nitrogen and oxygen atoms in total. The standard InChI is InChI=1S/C26H21Cl3F4N2O2/c1-4-18(13-20(14(2)27)24(37)35(3)19-10-8-17(30)9-11-19)34-23(36)22-21(25(22,28)29)15-6-5-7-16(12-15)26(31,32)33/h4-13,21-22H,1H2,2-3H3,(H,34,36)/b18-13+,20-14-. The fourth-order valence-electron chi connectivity index (χ4n) is 3.77. The number of hydrogen-bond acceptors (Lipinski definition) is 2. The Balaban J connectivity index is 1.82. The molecule has 2 atom stereocenters. The Morgan fingerprint density at radius 3 is 2.30 bits per heavy atom. The first-order valence-electron chi connectivity index (χ1n) is 10.8. The predicted molar refractivity (Wildman–Crippen MR) is 137 cm³/mol. The molecule has 11 heteroatoms. The lowest BCUT2D eigenvalue weighted by Crippen LogP contribution is -2.29. The summed E-state index contributed by atoms with van der Waals surface area (Å²) in [6.07, 6.45) is -2.02. The van der Waals surface area contributed by atoms with Crippen LogP contribution in [0.3, 0.4) is 0 Å². The summed E-state index contributed by atoms with van der Waals surface area (Å²) >= 11 is 18.7. The van der Waals surface area contributed by atoms with Crippen molar-refractivity contribution in [3.05, 3.63) is 101 Å². The Labute approximate surface area is 226 Å². The van der Waals surface area contributed by atoms with E-state index in [4.69, 9.17) is 34.8 Å². The molecule has 0 aromatic heterocycles. The van der Waals surface area contributed by atoms with Crippen LogP contribution in [0.1, 0.15) is 24.0 Å². The number of carbonyl (C=O) groups excluding carboxylic acids is 2. The molecule has 3 rings (SSSR count). The van der Waals surface area contributed by atoms with Crippen LogP contribution >= 0.6 is 34.8 Å². The highest BCUT2D eigenvalue weighted by Gasteiger charge is 2.67. The van der Waals surface area contributed by atoms with Gasteiger partial charge in [-0.1, -0.05) is 36.4 Å². The third kappa shape index (κ3) is 6.37. The molecule has 0 heterocycles. The number of nitrogens with one attached hydrogen (secondary N) is 1. The third-order valence-corrected chi connectivity index (χ3v) is 6.96. The molecule has 2 amide bonds. The zero-order valence-electron chi connectivity index (χ0n) is 19.5. The zero-order valence-corrected chi connectivity index (χ0v) is 21.8. The van der Waals surface area contributed by atoms with Gasteiger partial charge in [0.2, 0.25) is 5.91 Å². The van der Waals surface area contributed by atoms with E-state index in [2.05, 4.69) is 11.9 Å². The molecular formula is C26H21Cl3F4N2O2. The van der Waals surface area contributed by atoms with Crippen LogP contribution in [0.25, 0.3) is 0 Å². The van der Waals surface area contributed by atoms with E-state index >= 15 is 0 Å². The molecule has 2 unspecified atom stereocenters. The largest absolute Gasteiger partial charge is 0.416 e. The summed E-state index contributed by atoms with van der Waals surface area (Å²) in [5.74, 6) is -3.65. The highest BCUT2D eigenvalue weighted by atomic mass is 35.5. The fraction of sp³-hybridized carbons (Fsp3) is 0.231. The molecule has 37 heavy (non-hydrogen) atoms. The van der Waals surface area contributed by atoms with Crippen LogP contribution in [0, 0.1) is 11.7 Å². The van der Waals surface area contributed by atoms with E-state index in [9.17, 15) is 27.2 Å². The van der Waals surface area contributed by atoms with E-state index in [-0.39, 0.29) is 21.9 Å². The van der Waals surface area contributed by atoms with Gasteiger partial charge in [0.25, 0.3) is 5.91 Å². The smallest absolute Gasteiger partial charge is 0.326 e. The zero-order chi connectivity index (χ0) is 27.7. The average molecular weight is 576 g/mol. The molecule has 0 radical (unpaired) electrons. The van der Waals surface area contributed by atoms with Crippen LogP contribution in [0.4, 0.5) is 23.2 Å². The van der Waals surface area contributed by atoms with Gasteiger partial charge in [-0.25, -0.2) is 4.39 Å². The maximum atomic E-state index is 13.2. The Bertz CT molecular complexity index is 1280. The number of amides is 2. The van der Waals surface area contributed by atoms with Gasteiger partial charge in [-0.2, -0.15) is 13.2 Å². The highest BCUT2D eigenvalue weighted by molar-refractivity contribution is 6.53. The minimum Gasteiger partial charge on any atom is -0.326 e. The van der Waals surface area contributed by atoms with Gasteiger partial charge in [-0.05, 0) is 55.0 Å². The Morgan fingerprint density at radius 1 is 1.14 bits per heavy atom. The van der Waals surface area contributed by atoms with Crippen molar-refractivity contribution in [1.29, 1.82) is 0 Å². The lowest BCUT2D eigenvalue weighted by atomic mass is 10.1. The van der Waals surface area contributed by atoms with Gasteiger partial charge in [0, 0.05) is 29.4 Å². The molecule has 0 bridgehead atoms. The van der Waals surface area contributed by atoms with Crippen molar-refractivity contribution in [3.8, 4) is 0 Å². The second-order valence-electron chi connectivity index (χ2n) is 8.33. The molecule has 0 aliphatic heterocycles. The number of halogens is 7. The average Bonchev–Trinajstić information content (AvgIpc) is 3.42. The van der Waals surface area contributed by atoms with Crippen molar-refractivity contribution in [1.82, 2.24) is 5.32 Å². The summed E-state index contributed by atoms with van der Waals surface area (Å²) in [6, 6.07) is 9.66. The lowest BCUT2D eigenvalue weighted by molar-refractivity contribution is -0.137. The predicted octanol–water partition coefficient (Wildman–Crippen LogP) is 7.09. The number of likely N-dealkylation sites (N-methyl/N-ethyl adjacent to an activating group) is 1. The fourth-order valence-corrected chi connectivity index (χ4v) is 4.73. The molecule has 196 valence electrons. The van der Waals surface area contributed by atoms with Gasteiger partial charge < -0.3 is 10.2 Å². The Morgan fingerprint density at radius 2 is 1.76 bits per heavy atom. The number of hydrogen-bond donors (Lipinski definition) is 1. The van der Waals surface area contributed by atoms with Crippen molar-refractivity contribution in [2.24, 2.45) is 5.92 Å². The van der Waals surface area contributed by atoms with Crippen LogP contribution in [0.2, 0.25) is 0 Å². The minimum atomic E-state index is -4.57. The molecular weight excluding hydrogens is 555 g/mol. The maximum absolute atomic E-state index is 13.2. The van der Waals surface area contributed by atoms with Gasteiger partial charge in [-0.3, -0.25) is 9.59 Å². The number of allylic oxidation sites excluding steroid dienone is 2. The molecule has 0 saturated heterocycles. The van der Waals surface area contributed by atoms with E-state index in [1.807, 2.05) is 0 Å². The Kier molecular flexibility index (Phi) is 8.47. The molecule has 1 aliphatic rings. The first-order valence-corrected chi connectivity index (χ1v) is 11.9. The van der Waals surface area contributed by atoms with Crippen molar-refractivity contribution in [2.75, 3.05) is 11.9 Å². The van der Waals surface area contributed by atoms with Gasteiger partial charge in [-0.15, -0.1) is 23.2 Å². The van der Waals surface area contributed by atoms with Crippen LogP contribution in [0.15, 0.2) is 83.6 Å². The maximum Gasteiger partial charge on any atom is 0.416 e. The molecule has 1 N–H and O–H groups in total. The quantitative estimate of drug-likeness (QED) is 0.166. The summed E-state index contributed by atoms with van der Waals surface area (Å²) in [5.41, 5.74) is -0.229. The Hall–Kier alpha value is -2.81. The normalized spacial score (nSPS) is 19.5. The summed E-state index contributed by atoms with van der Waals surface area (Å²) in [6.45, 7) is 5.10. The first kappa shape index (κ1) is 28.8. The van der Waals surface area contributed by atoms with E-state index < -0.39 is 45.5 Å². The topological polar surface area (TPSA) is 49.4 Å². The molecule has 2 aromatic rings. The van der Waals surface area contributed by atoms with E-state index in [1.54, 1.807) is 0 Å². The summed E-state index contributed by atoms with van der Waals surface area (Å²) in [5, 5.41) is 2.66. The van der Waals surface area contributed by atoms with Crippen molar-refractivity contribution < 1.29 is 27.2 Å². The monoisotopic (exact) mass is 574 g/mol. The number of nitrogens with zero attached hydrogens (tertiary/aromatic N) is 1. The molecule has 1 aliphatic carbocycles. The first-order chi connectivity index (χ1) is 17.2. The van der Waals surface area contributed by atoms with Crippen molar-refractivity contribution in [2.45, 2.75) is 23.4 Å². The summed E-state index contributed by atoms with van der Waals surface area (Å²) in [4.78, 5) is 27.3. The third-order valence-electron chi connectivity index (χ3n) is 5.82. The molecule has 0 spiro atoms. The van der Waals surface area contributed by atoms with Crippen molar-refractivity contribution >= 4 is 52.3 Å². The number of benzene rings is 2. The lowest BCUT2D eigenvalue weighted by Gasteiger charge is -2.19. The van der Waals surface area contributed by atoms with E-state index in [0.717, 1.165) is 12.1 Å². The number of anilines is 1. The van der Waals surface area contributed by atoms with Crippen LogP contribution in [-0.2, 0) is 15.8 Å². The van der Waals surface area contributed by atoms with Gasteiger partial charge >= 0.3 is 6.18 Å². The second kappa shape index (κ2) is 10.9. The van der Waals surface area contributed by atoms with Crippen LogP contribution < -0.4 is 10.2 Å². The molecule has 1 saturated carbocycles. The van der Waals surface area contributed by atoms with Gasteiger partial charge in [0.15, 0.2) is 0 Å². The highest BCUT2D eigenvalue weighted by Crippen LogP contribution is 2.65. The summed E-state index contributed by atoms with van der Waals surface area (Å²) in [7, 11) is 1.47.